The van der Waals surface area contributed by atoms with Crippen molar-refractivity contribution in [2.24, 2.45) is 0 Å². The molecular weight excluding hydrogens is 308 g/mol. The Labute approximate surface area is 139 Å². The van der Waals surface area contributed by atoms with Gasteiger partial charge in [0.05, 0.1) is 0 Å². The molecule has 2 amide bonds. The van der Waals surface area contributed by atoms with E-state index in [9.17, 15) is 9.59 Å². The van der Waals surface area contributed by atoms with E-state index in [4.69, 9.17) is 9.47 Å². The molecule has 124 valence electrons. The number of fused-ring (bicyclic) bond motifs is 1. The van der Waals surface area contributed by atoms with E-state index in [-0.39, 0.29) is 0 Å². The monoisotopic (exact) mass is 326 g/mol. The molecule has 0 saturated carbocycles. The number of carbonyl (C=O) groups is 2. The topological polar surface area (TPSA) is 76.7 Å². The number of amides is 2. The van der Waals surface area contributed by atoms with Gasteiger partial charge >= 0.3 is 11.8 Å². The summed E-state index contributed by atoms with van der Waals surface area (Å²) in [6.07, 6.45) is 0. The van der Waals surface area contributed by atoms with Crippen LogP contribution in [0.3, 0.4) is 0 Å². The highest BCUT2D eigenvalue weighted by molar-refractivity contribution is 6.39. The Balaban J connectivity index is 1.57. The molecule has 0 aliphatic carbocycles. The smallest absolute Gasteiger partial charge is 0.313 e. The van der Waals surface area contributed by atoms with E-state index in [1.54, 1.807) is 18.2 Å². The maximum atomic E-state index is 12.0. The molecule has 0 unspecified atom stereocenters. The molecule has 6 nitrogen and oxygen atoms in total. The standard InChI is InChI=1S/C18H18N2O4/c1-12-3-2-4-13(9-12)11-19-17(21)18(22)20-14-5-6-15-16(10-14)24-8-7-23-15/h2-6,9-10H,7-8,11H2,1H3,(H,19,21)(H,20,22). The lowest BCUT2D eigenvalue weighted by atomic mass is 10.1. The molecule has 6 heteroatoms. The fourth-order valence-electron chi connectivity index (χ4n) is 2.39. The van der Waals surface area contributed by atoms with E-state index in [1.165, 1.54) is 0 Å². The van der Waals surface area contributed by atoms with Crippen molar-refractivity contribution >= 4 is 17.5 Å². The minimum absolute atomic E-state index is 0.301. The predicted octanol–water partition coefficient (Wildman–Crippen LogP) is 2.02. The largest absolute Gasteiger partial charge is 0.486 e. The SMILES string of the molecule is Cc1cccc(CNC(=O)C(=O)Nc2ccc3c(c2)OCCO3)c1. The Morgan fingerprint density at radius 3 is 2.58 bits per heavy atom. The van der Waals surface area contributed by atoms with Crippen LogP contribution >= 0.6 is 0 Å². The number of ether oxygens (including phenoxy) is 2. The summed E-state index contributed by atoms with van der Waals surface area (Å²) < 4.78 is 10.9. The maximum absolute atomic E-state index is 12.0. The highest BCUT2D eigenvalue weighted by Gasteiger charge is 2.16. The normalized spacial score (nSPS) is 12.4. The first kappa shape index (κ1) is 15.9. The molecule has 1 aliphatic rings. The van der Waals surface area contributed by atoms with Crippen LogP contribution in [0.15, 0.2) is 42.5 Å². The molecule has 2 aromatic rings. The zero-order valence-corrected chi connectivity index (χ0v) is 13.3. The summed E-state index contributed by atoms with van der Waals surface area (Å²) in [5, 5.41) is 5.15. The van der Waals surface area contributed by atoms with Gasteiger partial charge in [0.2, 0.25) is 0 Å². The molecule has 3 rings (SSSR count). The number of nitrogens with one attached hydrogen (secondary N) is 2. The highest BCUT2D eigenvalue weighted by atomic mass is 16.6. The van der Waals surface area contributed by atoms with Crippen molar-refractivity contribution in [1.82, 2.24) is 5.32 Å². The summed E-state index contributed by atoms with van der Waals surface area (Å²) in [5.41, 5.74) is 2.52. The third kappa shape index (κ3) is 3.84. The lowest BCUT2D eigenvalue weighted by Crippen LogP contribution is -2.35. The third-order valence-electron chi connectivity index (χ3n) is 3.54. The van der Waals surface area contributed by atoms with Gasteiger partial charge in [-0.25, -0.2) is 0 Å². The number of benzene rings is 2. The zero-order chi connectivity index (χ0) is 16.9. The number of hydrogen-bond donors (Lipinski definition) is 2. The second-order valence-corrected chi connectivity index (χ2v) is 5.48. The van der Waals surface area contributed by atoms with Gasteiger partial charge in [0.25, 0.3) is 0 Å². The zero-order valence-electron chi connectivity index (χ0n) is 13.3. The molecule has 0 atom stereocenters. The molecule has 1 aliphatic heterocycles. The maximum Gasteiger partial charge on any atom is 0.313 e. The lowest BCUT2D eigenvalue weighted by Gasteiger charge is -2.18. The van der Waals surface area contributed by atoms with E-state index in [1.807, 2.05) is 31.2 Å². The fraction of sp³-hybridized carbons (Fsp3) is 0.222. The average molecular weight is 326 g/mol. The summed E-state index contributed by atoms with van der Waals surface area (Å²) in [6.45, 7) is 3.23. The van der Waals surface area contributed by atoms with E-state index >= 15 is 0 Å². The van der Waals surface area contributed by atoms with Gasteiger partial charge in [-0.2, -0.15) is 0 Å². The molecule has 0 saturated heterocycles. The quantitative estimate of drug-likeness (QED) is 0.846. The third-order valence-corrected chi connectivity index (χ3v) is 3.54. The van der Waals surface area contributed by atoms with Crippen molar-refractivity contribution in [3.8, 4) is 11.5 Å². The predicted molar refractivity (Wildman–Crippen MR) is 89.1 cm³/mol. The second kappa shape index (κ2) is 7.04. The van der Waals surface area contributed by atoms with Gasteiger partial charge in [0, 0.05) is 18.3 Å². The van der Waals surface area contributed by atoms with E-state index in [2.05, 4.69) is 10.6 Å². The van der Waals surface area contributed by atoms with Gasteiger partial charge in [-0.05, 0) is 24.6 Å². The van der Waals surface area contributed by atoms with Crippen LogP contribution in [-0.2, 0) is 16.1 Å². The van der Waals surface area contributed by atoms with Crippen LogP contribution in [-0.4, -0.2) is 25.0 Å². The van der Waals surface area contributed by atoms with E-state index in [0.717, 1.165) is 11.1 Å². The Bertz CT molecular complexity index is 773. The Morgan fingerprint density at radius 2 is 1.79 bits per heavy atom. The van der Waals surface area contributed by atoms with Crippen LogP contribution in [0.5, 0.6) is 11.5 Å². The molecule has 0 aromatic heterocycles. The van der Waals surface area contributed by atoms with Crippen LogP contribution in [0.4, 0.5) is 5.69 Å². The molecule has 24 heavy (non-hydrogen) atoms. The fourth-order valence-corrected chi connectivity index (χ4v) is 2.39. The van der Waals surface area contributed by atoms with Crippen LogP contribution in [0.25, 0.3) is 0 Å². The van der Waals surface area contributed by atoms with E-state index < -0.39 is 11.8 Å². The van der Waals surface area contributed by atoms with E-state index in [0.29, 0.717) is 36.9 Å². The van der Waals surface area contributed by atoms with Crippen molar-refractivity contribution in [3.05, 3.63) is 53.6 Å². The molecule has 2 N–H and O–H groups in total. The number of aryl methyl sites for hydroxylation is 1. The van der Waals surface area contributed by atoms with Crippen molar-refractivity contribution in [2.75, 3.05) is 18.5 Å². The second-order valence-electron chi connectivity index (χ2n) is 5.48. The van der Waals surface area contributed by atoms with Crippen molar-refractivity contribution in [1.29, 1.82) is 0 Å². The Hall–Kier alpha value is -3.02. The molecule has 0 fully saturated rings. The minimum Gasteiger partial charge on any atom is -0.486 e. The first-order valence-electron chi connectivity index (χ1n) is 7.66. The lowest BCUT2D eigenvalue weighted by molar-refractivity contribution is -0.136. The van der Waals surface area contributed by atoms with Gasteiger partial charge in [-0.15, -0.1) is 0 Å². The summed E-state index contributed by atoms with van der Waals surface area (Å²) in [4.78, 5) is 23.9. The van der Waals surface area contributed by atoms with Crippen molar-refractivity contribution in [2.45, 2.75) is 13.5 Å². The van der Waals surface area contributed by atoms with Gasteiger partial charge in [0.15, 0.2) is 11.5 Å². The van der Waals surface area contributed by atoms with Crippen LogP contribution < -0.4 is 20.1 Å². The summed E-state index contributed by atoms with van der Waals surface area (Å²) in [7, 11) is 0. The molecule has 2 aromatic carbocycles. The first-order chi connectivity index (χ1) is 11.6. The minimum atomic E-state index is -0.723. The van der Waals surface area contributed by atoms with Gasteiger partial charge in [-0.1, -0.05) is 29.8 Å². The van der Waals surface area contributed by atoms with Gasteiger partial charge in [-0.3, -0.25) is 9.59 Å². The van der Waals surface area contributed by atoms with Crippen molar-refractivity contribution in [3.63, 3.8) is 0 Å². The molecule has 0 radical (unpaired) electrons. The Kier molecular flexibility index (Phi) is 4.65. The average Bonchev–Trinajstić information content (AvgIpc) is 2.59. The molecular formula is C18H18N2O4. The first-order valence-corrected chi connectivity index (χ1v) is 7.66. The summed E-state index contributed by atoms with van der Waals surface area (Å²) >= 11 is 0. The number of rotatable bonds is 3. The van der Waals surface area contributed by atoms with Gasteiger partial charge in [0.1, 0.15) is 13.2 Å². The number of hydrogen-bond acceptors (Lipinski definition) is 4. The van der Waals surface area contributed by atoms with Crippen LogP contribution in [0, 0.1) is 6.92 Å². The molecule has 0 bridgehead atoms. The molecule has 0 spiro atoms. The van der Waals surface area contributed by atoms with Gasteiger partial charge < -0.3 is 20.1 Å². The summed E-state index contributed by atoms with van der Waals surface area (Å²) in [5.74, 6) is -0.229. The van der Waals surface area contributed by atoms with Crippen LogP contribution in [0.1, 0.15) is 11.1 Å². The summed E-state index contributed by atoms with van der Waals surface area (Å²) in [6, 6.07) is 12.7. The van der Waals surface area contributed by atoms with Crippen molar-refractivity contribution < 1.29 is 19.1 Å². The Morgan fingerprint density at radius 1 is 1.00 bits per heavy atom. The highest BCUT2D eigenvalue weighted by Crippen LogP contribution is 2.32. The number of carbonyl (C=O) groups excluding carboxylic acids is 2. The molecule has 1 heterocycles. The number of anilines is 1. The van der Waals surface area contributed by atoms with Crippen LogP contribution in [0.2, 0.25) is 0 Å².